The van der Waals surface area contributed by atoms with Crippen LogP contribution >= 0.6 is 0 Å². The summed E-state index contributed by atoms with van der Waals surface area (Å²) in [5.74, 6) is 0.530. The fourth-order valence-electron chi connectivity index (χ4n) is 1.30. The van der Waals surface area contributed by atoms with E-state index in [1.807, 2.05) is 13.8 Å². The molecule has 0 aromatic rings. The molecule has 0 heterocycles. The quantitative estimate of drug-likeness (QED) is 0.557. The standard InChI is InChI=1S/C14H23F/c1-7-10(2)11(3)8-12(4)13(5)9-14(6)15/h8-10,13H,3,7H2,1-2,4-6H3/b12-8-,14-9?. The molecule has 2 atom stereocenters. The van der Waals surface area contributed by atoms with Gasteiger partial charge in [0.15, 0.2) is 0 Å². The molecule has 0 aromatic carbocycles. The highest BCUT2D eigenvalue weighted by atomic mass is 19.1. The van der Waals surface area contributed by atoms with Crippen molar-refractivity contribution in [2.45, 2.75) is 41.0 Å². The summed E-state index contributed by atoms with van der Waals surface area (Å²) in [6, 6.07) is 0. The average Bonchev–Trinajstić information content (AvgIpc) is 2.15. The number of hydrogen-bond donors (Lipinski definition) is 0. The van der Waals surface area contributed by atoms with Gasteiger partial charge in [0.1, 0.15) is 0 Å². The van der Waals surface area contributed by atoms with Crippen LogP contribution in [0.4, 0.5) is 4.39 Å². The van der Waals surface area contributed by atoms with Crippen molar-refractivity contribution in [3.8, 4) is 0 Å². The van der Waals surface area contributed by atoms with Crippen molar-refractivity contribution in [2.75, 3.05) is 0 Å². The van der Waals surface area contributed by atoms with Crippen LogP contribution < -0.4 is 0 Å². The van der Waals surface area contributed by atoms with Crippen molar-refractivity contribution in [3.63, 3.8) is 0 Å². The lowest BCUT2D eigenvalue weighted by Crippen LogP contribution is -1.98. The van der Waals surface area contributed by atoms with E-state index in [2.05, 4.69) is 26.5 Å². The molecule has 0 amide bonds. The first-order valence-electron chi connectivity index (χ1n) is 5.59. The molecule has 15 heavy (non-hydrogen) atoms. The molecule has 2 unspecified atom stereocenters. The first-order valence-corrected chi connectivity index (χ1v) is 5.59. The summed E-state index contributed by atoms with van der Waals surface area (Å²) in [6.45, 7) is 13.8. The molecule has 0 spiro atoms. The SMILES string of the molecule is C=C(/C=C(/C)C(C)C=C(C)F)C(C)CC. The Hall–Kier alpha value is -0.850. The molecule has 1 heteroatoms. The molecule has 0 saturated carbocycles. The minimum Gasteiger partial charge on any atom is -0.212 e. The molecule has 0 nitrogen and oxygen atoms in total. The molecule has 0 radical (unpaired) electrons. The molecular formula is C14H23F. The fraction of sp³-hybridized carbons (Fsp3) is 0.571. The van der Waals surface area contributed by atoms with Gasteiger partial charge in [0.2, 0.25) is 0 Å². The Morgan fingerprint density at radius 1 is 1.33 bits per heavy atom. The molecule has 0 aliphatic carbocycles. The van der Waals surface area contributed by atoms with Crippen molar-refractivity contribution in [2.24, 2.45) is 11.8 Å². The molecule has 0 aromatic heterocycles. The van der Waals surface area contributed by atoms with E-state index in [0.717, 1.165) is 17.6 Å². The van der Waals surface area contributed by atoms with Gasteiger partial charge in [-0.05, 0) is 38.2 Å². The summed E-state index contributed by atoms with van der Waals surface area (Å²) in [4.78, 5) is 0. The van der Waals surface area contributed by atoms with Gasteiger partial charge in [0.05, 0.1) is 5.83 Å². The van der Waals surface area contributed by atoms with Gasteiger partial charge in [-0.25, -0.2) is 4.39 Å². The molecule has 0 fully saturated rings. The van der Waals surface area contributed by atoms with Gasteiger partial charge in [0, 0.05) is 0 Å². The lowest BCUT2D eigenvalue weighted by molar-refractivity contribution is 0.622. The van der Waals surface area contributed by atoms with Crippen molar-refractivity contribution < 1.29 is 4.39 Å². The van der Waals surface area contributed by atoms with Crippen LogP contribution in [0.2, 0.25) is 0 Å². The van der Waals surface area contributed by atoms with Gasteiger partial charge < -0.3 is 0 Å². The Kier molecular flexibility index (Phi) is 6.23. The Morgan fingerprint density at radius 2 is 1.87 bits per heavy atom. The summed E-state index contributed by atoms with van der Waals surface area (Å²) >= 11 is 0. The third-order valence-electron chi connectivity index (χ3n) is 2.86. The van der Waals surface area contributed by atoms with E-state index in [1.54, 1.807) is 6.08 Å². The van der Waals surface area contributed by atoms with Gasteiger partial charge in [-0.1, -0.05) is 44.6 Å². The summed E-state index contributed by atoms with van der Waals surface area (Å²) in [7, 11) is 0. The minimum atomic E-state index is -0.121. The van der Waals surface area contributed by atoms with Crippen LogP contribution in [-0.4, -0.2) is 0 Å². The van der Waals surface area contributed by atoms with Crippen LogP contribution in [0, 0.1) is 11.8 Å². The van der Waals surface area contributed by atoms with Crippen LogP contribution in [0.15, 0.2) is 35.7 Å². The normalized spacial score (nSPS) is 17.5. The second-order valence-electron chi connectivity index (χ2n) is 4.31. The maximum absolute atomic E-state index is 12.7. The van der Waals surface area contributed by atoms with E-state index >= 15 is 0 Å². The molecule has 0 aliphatic heterocycles. The first-order chi connectivity index (χ1) is 6.88. The number of hydrogen-bond acceptors (Lipinski definition) is 0. The highest BCUT2D eigenvalue weighted by Crippen LogP contribution is 2.20. The lowest BCUT2D eigenvalue weighted by atomic mass is 9.94. The van der Waals surface area contributed by atoms with Gasteiger partial charge in [-0.3, -0.25) is 0 Å². The summed E-state index contributed by atoms with van der Waals surface area (Å²) in [5, 5.41) is 0. The Bertz CT molecular complexity index is 267. The van der Waals surface area contributed by atoms with Crippen LogP contribution in [-0.2, 0) is 0 Å². The van der Waals surface area contributed by atoms with Gasteiger partial charge >= 0.3 is 0 Å². The third kappa shape index (κ3) is 5.56. The summed E-state index contributed by atoms with van der Waals surface area (Å²) in [6.07, 6.45) is 4.81. The van der Waals surface area contributed by atoms with Crippen LogP contribution in [0.5, 0.6) is 0 Å². The maximum atomic E-state index is 12.7. The second kappa shape index (κ2) is 6.60. The van der Waals surface area contributed by atoms with E-state index in [4.69, 9.17) is 0 Å². The highest BCUT2D eigenvalue weighted by molar-refractivity contribution is 5.24. The zero-order valence-electron chi connectivity index (χ0n) is 10.6. The first kappa shape index (κ1) is 14.2. The van der Waals surface area contributed by atoms with Gasteiger partial charge in [-0.15, -0.1) is 0 Å². The van der Waals surface area contributed by atoms with Gasteiger partial charge in [0.25, 0.3) is 0 Å². The number of halogens is 1. The Morgan fingerprint density at radius 3 is 2.27 bits per heavy atom. The van der Waals surface area contributed by atoms with Crippen molar-refractivity contribution in [1.29, 1.82) is 0 Å². The average molecular weight is 210 g/mol. The van der Waals surface area contributed by atoms with E-state index in [1.165, 1.54) is 6.92 Å². The molecule has 0 bridgehead atoms. The topological polar surface area (TPSA) is 0 Å². The van der Waals surface area contributed by atoms with E-state index in [9.17, 15) is 4.39 Å². The predicted molar refractivity (Wildman–Crippen MR) is 66.4 cm³/mol. The molecule has 86 valence electrons. The minimum absolute atomic E-state index is 0.121. The van der Waals surface area contributed by atoms with Crippen LogP contribution in [0.3, 0.4) is 0 Å². The molecule has 0 rings (SSSR count). The Balaban J connectivity index is 4.56. The van der Waals surface area contributed by atoms with E-state index in [0.29, 0.717) is 5.92 Å². The zero-order chi connectivity index (χ0) is 12.0. The zero-order valence-corrected chi connectivity index (χ0v) is 10.6. The number of rotatable bonds is 5. The van der Waals surface area contributed by atoms with Crippen molar-refractivity contribution >= 4 is 0 Å². The lowest BCUT2D eigenvalue weighted by Gasteiger charge is -2.12. The smallest absolute Gasteiger partial charge is 0.0934 e. The van der Waals surface area contributed by atoms with Crippen LogP contribution in [0.1, 0.15) is 41.0 Å². The maximum Gasteiger partial charge on any atom is 0.0934 e. The largest absolute Gasteiger partial charge is 0.212 e. The van der Waals surface area contributed by atoms with Crippen molar-refractivity contribution in [1.82, 2.24) is 0 Å². The van der Waals surface area contributed by atoms with Gasteiger partial charge in [-0.2, -0.15) is 0 Å². The highest BCUT2D eigenvalue weighted by Gasteiger charge is 2.05. The Labute approximate surface area is 93.6 Å². The van der Waals surface area contributed by atoms with E-state index in [-0.39, 0.29) is 11.7 Å². The summed E-state index contributed by atoms with van der Waals surface area (Å²) in [5.41, 5.74) is 2.30. The van der Waals surface area contributed by atoms with Crippen molar-refractivity contribution in [3.05, 3.63) is 35.7 Å². The van der Waals surface area contributed by atoms with E-state index < -0.39 is 0 Å². The molecule has 0 N–H and O–H groups in total. The monoisotopic (exact) mass is 210 g/mol. The second-order valence-corrected chi connectivity index (χ2v) is 4.31. The number of allylic oxidation sites excluding steroid dienone is 5. The fourth-order valence-corrected chi connectivity index (χ4v) is 1.30. The third-order valence-corrected chi connectivity index (χ3v) is 2.86. The predicted octanol–water partition coefficient (Wildman–Crippen LogP) is 5.04. The van der Waals surface area contributed by atoms with Crippen LogP contribution in [0.25, 0.3) is 0 Å². The molecule has 0 aliphatic rings. The summed E-state index contributed by atoms with van der Waals surface area (Å²) < 4.78 is 12.7. The molecule has 0 saturated heterocycles. The molecular weight excluding hydrogens is 187 g/mol.